The zero-order chi connectivity index (χ0) is 13.0. The summed E-state index contributed by atoms with van der Waals surface area (Å²) in [7, 11) is 0. The van der Waals surface area contributed by atoms with Crippen LogP contribution in [0, 0.1) is 0 Å². The van der Waals surface area contributed by atoms with Gasteiger partial charge in [0.1, 0.15) is 5.69 Å². The highest BCUT2D eigenvalue weighted by molar-refractivity contribution is 7.09. The van der Waals surface area contributed by atoms with Crippen LogP contribution in [0.3, 0.4) is 0 Å². The molecule has 7 heteroatoms. The van der Waals surface area contributed by atoms with Crippen LogP contribution in [0.15, 0.2) is 5.38 Å². The van der Waals surface area contributed by atoms with Gasteiger partial charge in [-0.15, -0.1) is 11.3 Å². The van der Waals surface area contributed by atoms with E-state index in [1.807, 2.05) is 0 Å². The van der Waals surface area contributed by atoms with Gasteiger partial charge in [-0.2, -0.15) is 0 Å². The Balaban J connectivity index is 2.00. The van der Waals surface area contributed by atoms with E-state index >= 15 is 0 Å². The van der Waals surface area contributed by atoms with E-state index in [2.05, 4.69) is 4.98 Å². The van der Waals surface area contributed by atoms with Gasteiger partial charge in [-0.05, 0) is 6.54 Å². The van der Waals surface area contributed by atoms with E-state index in [4.69, 9.17) is 15.6 Å². The Morgan fingerprint density at radius 1 is 1.72 bits per heavy atom. The van der Waals surface area contributed by atoms with Gasteiger partial charge in [0.25, 0.3) is 5.91 Å². The van der Waals surface area contributed by atoms with Crippen molar-refractivity contribution in [2.24, 2.45) is 5.73 Å². The number of morpholine rings is 1. The molecular weight excluding hydrogens is 254 g/mol. The normalized spacial score (nSPS) is 20.1. The predicted molar refractivity (Wildman–Crippen MR) is 67.6 cm³/mol. The molecule has 3 N–H and O–H groups in total. The number of rotatable bonds is 4. The number of aliphatic hydroxyl groups is 1. The number of carbonyl (C=O) groups excluding carboxylic acids is 1. The van der Waals surface area contributed by atoms with Crippen LogP contribution in [-0.2, 0) is 11.2 Å². The van der Waals surface area contributed by atoms with Crippen LogP contribution in [0.1, 0.15) is 15.5 Å². The van der Waals surface area contributed by atoms with E-state index in [1.165, 1.54) is 11.3 Å². The van der Waals surface area contributed by atoms with E-state index in [1.54, 1.807) is 10.3 Å². The number of hydrogen-bond donors (Lipinski definition) is 2. The summed E-state index contributed by atoms with van der Waals surface area (Å²) in [5.74, 6) is -0.101. The first-order chi connectivity index (χ1) is 8.74. The Labute approximate surface area is 109 Å². The highest BCUT2D eigenvalue weighted by Gasteiger charge is 2.25. The fourth-order valence-corrected chi connectivity index (χ4v) is 2.61. The maximum atomic E-state index is 12.2. The van der Waals surface area contributed by atoms with Gasteiger partial charge >= 0.3 is 0 Å². The number of carbonyl (C=O) groups is 1. The van der Waals surface area contributed by atoms with Gasteiger partial charge in [0.05, 0.1) is 24.3 Å². The van der Waals surface area contributed by atoms with E-state index in [0.717, 1.165) is 5.01 Å². The lowest BCUT2D eigenvalue weighted by Gasteiger charge is -2.31. The summed E-state index contributed by atoms with van der Waals surface area (Å²) >= 11 is 1.45. The average Bonchev–Trinajstić information content (AvgIpc) is 2.87. The monoisotopic (exact) mass is 271 g/mol. The van der Waals surface area contributed by atoms with Gasteiger partial charge in [-0.3, -0.25) is 4.79 Å². The summed E-state index contributed by atoms with van der Waals surface area (Å²) in [4.78, 5) is 18.1. The maximum Gasteiger partial charge on any atom is 0.273 e. The van der Waals surface area contributed by atoms with Crippen molar-refractivity contribution < 1.29 is 14.6 Å². The van der Waals surface area contributed by atoms with Crippen molar-refractivity contribution >= 4 is 17.2 Å². The number of aliphatic hydroxyl groups excluding tert-OH is 1. The smallest absolute Gasteiger partial charge is 0.273 e. The SMILES string of the molecule is NCCc1nc(C(=O)N2CCOC(CO)C2)cs1. The number of nitrogens with two attached hydrogens (primary N) is 1. The first-order valence-electron chi connectivity index (χ1n) is 5.90. The summed E-state index contributed by atoms with van der Waals surface area (Å²) in [5, 5.41) is 11.7. The third kappa shape index (κ3) is 3.05. The number of thiazole rings is 1. The first-order valence-corrected chi connectivity index (χ1v) is 6.78. The second-order valence-electron chi connectivity index (χ2n) is 4.09. The second-order valence-corrected chi connectivity index (χ2v) is 5.03. The summed E-state index contributed by atoms with van der Waals surface area (Å²) in [6, 6.07) is 0. The minimum Gasteiger partial charge on any atom is -0.394 e. The molecule has 1 aromatic rings. The van der Waals surface area contributed by atoms with Crippen molar-refractivity contribution in [2.45, 2.75) is 12.5 Å². The van der Waals surface area contributed by atoms with E-state index in [9.17, 15) is 4.79 Å². The van der Waals surface area contributed by atoms with E-state index in [-0.39, 0.29) is 18.6 Å². The molecule has 2 heterocycles. The largest absolute Gasteiger partial charge is 0.394 e. The zero-order valence-corrected chi connectivity index (χ0v) is 10.9. The maximum absolute atomic E-state index is 12.2. The lowest BCUT2D eigenvalue weighted by atomic mass is 10.2. The Morgan fingerprint density at radius 3 is 3.28 bits per heavy atom. The van der Waals surface area contributed by atoms with Crippen LogP contribution in [0.25, 0.3) is 0 Å². The van der Waals surface area contributed by atoms with Crippen LogP contribution in [-0.4, -0.2) is 59.8 Å². The summed E-state index contributed by atoms with van der Waals surface area (Å²) in [6.07, 6.45) is 0.408. The first kappa shape index (κ1) is 13.4. The van der Waals surface area contributed by atoms with Gasteiger partial charge in [0, 0.05) is 24.9 Å². The van der Waals surface area contributed by atoms with Crippen molar-refractivity contribution in [2.75, 3.05) is 32.8 Å². The molecule has 0 bridgehead atoms. The Kier molecular flexibility index (Phi) is 4.65. The molecule has 1 aliphatic heterocycles. The molecule has 6 nitrogen and oxygen atoms in total. The molecule has 100 valence electrons. The predicted octanol–water partition coefficient (Wildman–Crippen LogP) is -0.522. The topological polar surface area (TPSA) is 88.7 Å². The molecule has 1 aromatic heterocycles. The molecule has 0 spiro atoms. The van der Waals surface area contributed by atoms with Gasteiger partial charge in [0.2, 0.25) is 0 Å². The van der Waals surface area contributed by atoms with Crippen LogP contribution in [0.5, 0.6) is 0 Å². The Morgan fingerprint density at radius 2 is 2.56 bits per heavy atom. The molecule has 0 saturated carbocycles. The zero-order valence-electron chi connectivity index (χ0n) is 10.0. The number of nitrogens with zero attached hydrogens (tertiary/aromatic N) is 2. The molecular formula is C11H17N3O3S. The third-order valence-electron chi connectivity index (χ3n) is 2.76. The van der Waals surface area contributed by atoms with E-state index < -0.39 is 0 Å². The molecule has 18 heavy (non-hydrogen) atoms. The minimum atomic E-state index is -0.287. The second kappa shape index (κ2) is 6.24. The summed E-state index contributed by atoms with van der Waals surface area (Å²) in [6.45, 7) is 1.87. The molecule has 1 saturated heterocycles. The fraction of sp³-hybridized carbons (Fsp3) is 0.636. The Bertz CT molecular complexity index is 410. The average molecular weight is 271 g/mol. The van der Waals surface area contributed by atoms with Gasteiger partial charge in [0.15, 0.2) is 0 Å². The minimum absolute atomic E-state index is 0.0702. The van der Waals surface area contributed by atoms with Crippen molar-refractivity contribution in [3.8, 4) is 0 Å². The number of amides is 1. The molecule has 0 aromatic carbocycles. The lowest BCUT2D eigenvalue weighted by Crippen LogP contribution is -2.47. The molecule has 1 amide bonds. The molecule has 2 rings (SSSR count). The van der Waals surface area contributed by atoms with Gasteiger partial charge in [-0.25, -0.2) is 4.98 Å². The molecule has 1 unspecified atom stereocenters. The molecule has 1 fully saturated rings. The van der Waals surface area contributed by atoms with Crippen LogP contribution in [0.4, 0.5) is 0 Å². The van der Waals surface area contributed by atoms with Crippen LogP contribution in [0.2, 0.25) is 0 Å². The van der Waals surface area contributed by atoms with Gasteiger partial charge < -0.3 is 20.5 Å². The van der Waals surface area contributed by atoms with Crippen LogP contribution >= 0.6 is 11.3 Å². The van der Waals surface area contributed by atoms with Gasteiger partial charge in [-0.1, -0.05) is 0 Å². The molecule has 1 atom stereocenters. The number of ether oxygens (including phenoxy) is 1. The van der Waals surface area contributed by atoms with E-state index in [0.29, 0.717) is 38.4 Å². The Hall–Kier alpha value is -1.02. The molecule has 0 radical (unpaired) electrons. The highest BCUT2D eigenvalue weighted by Crippen LogP contribution is 2.14. The highest BCUT2D eigenvalue weighted by atomic mass is 32.1. The van der Waals surface area contributed by atoms with Crippen molar-refractivity contribution in [3.63, 3.8) is 0 Å². The molecule has 1 aliphatic rings. The van der Waals surface area contributed by atoms with Crippen molar-refractivity contribution in [3.05, 3.63) is 16.1 Å². The third-order valence-corrected chi connectivity index (χ3v) is 3.67. The number of hydrogen-bond acceptors (Lipinski definition) is 6. The van der Waals surface area contributed by atoms with Crippen LogP contribution < -0.4 is 5.73 Å². The van der Waals surface area contributed by atoms with Crippen molar-refractivity contribution in [1.82, 2.24) is 9.88 Å². The quantitative estimate of drug-likeness (QED) is 0.769. The standard InChI is InChI=1S/C11H17N3O3S/c12-2-1-10-13-9(7-18-10)11(16)14-3-4-17-8(5-14)6-15/h7-8,15H,1-6,12H2. The fourth-order valence-electron chi connectivity index (χ4n) is 1.82. The number of aromatic nitrogens is 1. The summed E-state index contributed by atoms with van der Waals surface area (Å²) < 4.78 is 5.31. The van der Waals surface area contributed by atoms with Crippen molar-refractivity contribution in [1.29, 1.82) is 0 Å². The summed E-state index contributed by atoms with van der Waals surface area (Å²) in [5.41, 5.74) is 5.91. The molecule has 0 aliphatic carbocycles. The lowest BCUT2D eigenvalue weighted by molar-refractivity contribution is -0.0448.